The first-order valence-corrected chi connectivity index (χ1v) is 5.28. The summed E-state index contributed by atoms with van der Waals surface area (Å²) in [6.07, 6.45) is 2.57. The van der Waals surface area contributed by atoms with Crippen LogP contribution in [0.25, 0.3) is 0 Å². The summed E-state index contributed by atoms with van der Waals surface area (Å²) in [6, 6.07) is -0.544. The molecule has 1 saturated carbocycles. The van der Waals surface area contributed by atoms with Crippen molar-refractivity contribution < 1.29 is 20.0 Å². The highest BCUT2D eigenvalue weighted by Crippen LogP contribution is 2.26. The van der Waals surface area contributed by atoms with E-state index >= 15 is 0 Å². The molecule has 2 N–H and O–H groups in total. The van der Waals surface area contributed by atoms with Crippen molar-refractivity contribution in [2.45, 2.75) is 31.7 Å². The molecule has 2 unspecified atom stereocenters. The van der Waals surface area contributed by atoms with Crippen molar-refractivity contribution in [3.8, 4) is 0 Å². The molecule has 0 amide bonds. The van der Waals surface area contributed by atoms with Crippen molar-refractivity contribution in [2.75, 3.05) is 13.1 Å². The molecule has 92 valence electrons. The number of hydrogen-bond acceptors (Lipinski definition) is 5. The number of nitrogens with zero attached hydrogens (tertiary/aromatic N) is 2. The molecule has 0 heterocycles. The van der Waals surface area contributed by atoms with Gasteiger partial charge in [-0.2, -0.15) is 5.06 Å². The molecular formula is C9H16N2O5. The Morgan fingerprint density at radius 3 is 2.75 bits per heavy atom. The van der Waals surface area contributed by atoms with Crippen molar-refractivity contribution in [1.29, 1.82) is 0 Å². The lowest BCUT2D eigenvalue weighted by Gasteiger charge is -2.26. The normalized spacial score (nSPS) is 25.6. The quantitative estimate of drug-likeness (QED) is 0.531. The van der Waals surface area contributed by atoms with E-state index in [0.29, 0.717) is 12.8 Å². The Morgan fingerprint density at radius 1 is 1.50 bits per heavy atom. The summed E-state index contributed by atoms with van der Waals surface area (Å²) < 4.78 is 0. The first-order chi connectivity index (χ1) is 7.49. The maximum absolute atomic E-state index is 10.6. The van der Waals surface area contributed by atoms with Crippen LogP contribution in [-0.4, -0.2) is 45.4 Å². The van der Waals surface area contributed by atoms with E-state index < -0.39 is 18.6 Å². The van der Waals surface area contributed by atoms with Gasteiger partial charge in [0.05, 0.1) is 0 Å². The number of hydroxylamine groups is 2. The molecule has 0 aliphatic heterocycles. The third-order valence-corrected chi connectivity index (χ3v) is 2.84. The zero-order valence-electron chi connectivity index (χ0n) is 8.91. The Balaban J connectivity index is 2.36. The van der Waals surface area contributed by atoms with Gasteiger partial charge in [-0.15, -0.1) is 0 Å². The van der Waals surface area contributed by atoms with Crippen LogP contribution in [0.4, 0.5) is 0 Å². The minimum absolute atomic E-state index is 0.00787. The number of carboxylic acids is 1. The van der Waals surface area contributed by atoms with Gasteiger partial charge < -0.3 is 10.3 Å². The number of aliphatic carboxylic acids is 1. The van der Waals surface area contributed by atoms with E-state index in [1.165, 1.54) is 0 Å². The minimum atomic E-state index is -1.11. The second kappa shape index (κ2) is 5.76. The maximum atomic E-state index is 10.6. The van der Waals surface area contributed by atoms with Crippen LogP contribution in [0.1, 0.15) is 25.7 Å². The average molecular weight is 232 g/mol. The van der Waals surface area contributed by atoms with Crippen LogP contribution in [0, 0.1) is 16.0 Å². The molecule has 0 aromatic heterocycles. The van der Waals surface area contributed by atoms with E-state index in [9.17, 15) is 20.1 Å². The highest BCUT2D eigenvalue weighted by molar-refractivity contribution is 5.68. The first kappa shape index (κ1) is 12.9. The molecule has 1 aliphatic rings. The molecule has 16 heavy (non-hydrogen) atoms. The molecule has 0 bridgehead atoms. The fraction of sp³-hybridized carbons (Fsp3) is 0.889. The first-order valence-electron chi connectivity index (χ1n) is 5.28. The van der Waals surface area contributed by atoms with Crippen LogP contribution in [0.3, 0.4) is 0 Å². The van der Waals surface area contributed by atoms with Gasteiger partial charge in [-0.3, -0.25) is 14.9 Å². The number of carbonyl (C=O) groups is 1. The highest BCUT2D eigenvalue weighted by Gasteiger charge is 2.30. The summed E-state index contributed by atoms with van der Waals surface area (Å²) in [4.78, 5) is 20.6. The lowest BCUT2D eigenvalue weighted by Crippen LogP contribution is -2.36. The van der Waals surface area contributed by atoms with Crippen LogP contribution in [0.5, 0.6) is 0 Å². The Kier molecular flexibility index (Phi) is 4.63. The van der Waals surface area contributed by atoms with Crippen molar-refractivity contribution >= 4 is 5.97 Å². The third kappa shape index (κ3) is 4.11. The summed E-state index contributed by atoms with van der Waals surface area (Å²) >= 11 is 0. The summed E-state index contributed by atoms with van der Waals surface area (Å²) in [5.74, 6) is -1.10. The zero-order chi connectivity index (χ0) is 12.1. The van der Waals surface area contributed by atoms with E-state index in [2.05, 4.69) is 0 Å². The van der Waals surface area contributed by atoms with Gasteiger partial charge in [0.15, 0.2) is 0 Å². The molecule has 1 fully saturated rings. The molecule has 0 saturated heterocycles. The second-order valence-electron chi connectivity index (χ2n) is 4.21. The smallest absolute Gasteiger partial charge is 0.320 e. The van der Waals surface area contributed by atoms with Crippen molar-refractivity contribution in [1.82, 2.24) is 5.06 Å². The molecule has 2 atom stereocenters. The van der Waals surface area contributed by atoms with Crippen molar-refractivity contribution in [3.63, 3.8) is 0 Å². The van der Waals surface area contributed by atoms with E-state index in [4.69, 9.17) is 5.11 Å². The highest BCUT2D eigenvalue weighted by atomic mass is 16.6. The predicted octanol–water partition coefficient (Wildman–Crippen LogP) is 0.598. The summed E-state index contributed by atoms with van der Waals surface area (Å²) in [5.41, 5.74) is 0. The standard InChI is InChI=1S/C9H16N2O5/c12-9(13)6-10(14)5-7-2-1-3-8(4-7)11(15)16/h7-8,14H,1-6H2,(H,12,13). The maximum Gasteiger partial charge on any atom is 0.320 e. The number of nitro groups is 1. The monoisotopic (exact) mass is 232 g/mol. The van der Waals surface area contributed by atoms with Gasteiger partial charge in [0.1, 0.15) is 6.54 Å². The molecule has 0 radical (unpaired) electrons. The molecule has 1 rings (SSSR count). The van der Waals surface area contributed by atoms with Gasteiger partial charge >= 0.3 is 5.97 Å². The van der Waals surface area contributed by atoms with Gasteiger partial charge in [0, 0.05) is 24.3 Å². The minimum Gasteiger partial charge on any atom is -0.480 e. The molecule has 1 aliphatic carbocycles. The van der Waals surface area contributed by atoms with Crippen LogP contribution in [0.15, 0.2) is 0 Å². The zero-order valence-corrected chi connectivity index (χ0v) is 8.91. The van der Waals surface area contributed by atoms with Crippen molar-refractivity contribution in [2.24, 2.45) is 5.92 Å². The van der Waals surface area contributed by atoms with Crippen LogP contribution in [0.2, 0.25) is 0 Å². The SMILES string of the molecule is O=C(O)CN(O)CC1CCCC([N+](=O)[O-])C1. The second-order valence-corrected chi connectivity index (χ2v) is 4.21. The molecule has 0 aromatic carbocycles. The third-order valence-electron chi connectivity index (χ3n) is 2.84. The van der Waals surface area contributed by atoms with E-state index in [1.54, 1.807) is 0 Å². The Hall–Kier alpha value is -1.21. The Bertz CT molecular complexity index is 271. The average Bonchev–Trinajstić information content (AvgIpc) is 2.16. The van der Waals surface area contributed by atoms with E-state index in [1.807, 2.05) is 0 Å². The summed E-state index contributed by atoms with van der Waals surface area (Å²) in [5, 5.41) is 29.0. The van der Waals surface area contributed by atoms with Crippen LogP contribution >= 0.6 is 0 Å². The van der Waals surface area contributed by atoms with E-state index in [0.717, 1.165) is 17.9 Å². The van der Waals surface area contributed by atoms with Crippen LogP contribution < -0.4 is 0 Å². The molecular weight excluding hydrogens is 216 g/mol. The number of carboxylic acid groups (broad SMARTS) is 1. The summed E-state index contributed by atoms with van der Waals surface area (Å²) in [7, 11) is 0. The predicted molar refractivity (Wildman–Crippen MR) is 53.7 cm³/mol. The van der Waals surface area contributed by atoms with Crippen LogP contribution in [-0.2, 0) is 4.79 Å². The van der Waals surface area contributed by atoms with Crippen molar-refractivity contribution in [3.05, 3.63) is 10.1 Å². The summed E-state index contributed by atoms with van der Waals surface area (Å²) in [6.45, 7) is -0.254. The molecule has 0 spiro atoms. The topological polar surface area (TPSA) is 104 Å². The van der Waals surface area contributed by atoms with Gasteiger partial charge in [0.25, 0.3) is 0 Å². The fourth-order valence-electron chi connectivity index (χ4n) is 2.14. The molecule has 7 heteroatoms. The largest absolute Gasteiger partial charge is 0.480 e. The number of hydrogen-bond donors (Lipinski definition) is 2. The number of rotatable bonds is 5. The van der Waals surface area contributed by atoms with Gasteiger partial charge in [-0.25, -0.2) is 0 Å². The molecule has 7 nitrogen and oxygen atoms in total. The van der Waals surface area contributed by atoms with Gasteiger partial charge in [0.2, 0.25) is 6.04 Å². The van der Waals surface area contributed by atoms with Gasteiger partial charge in [-0.1, -0.05) is 0 Å². The Morgan fingerprint density at radius 2 is 2.19 bits per heavy atom. The lowest BCUT2D eigenvalue weighted by molar-refractivity contribution is -0.528. The molecule has 0 aromatic rings. The fourth-order valence-corrected chi connectivity index (χ4v) is 2.14. The van der Waals surface area contributed by atoms with E-state index in [-0.39, 0.29) is 17.4 Å². The Labute approximate surface area is 92.8 Å². The van der Waals surface area contributed by atoms with Gasteiger partial charge in [-0.05, 0) is 18.8 Å². The lowest BCUT2D eigenvalue weighted by atomic mass is 9.86.